The van der Waals surface area contributed by atoms with Crippen LogP contribution >= 0.6 is 0 Å². The molecule has 0 aromatic carbocycles. The highest BCUT2D eigenvalue weighted by atomic mass is 16.4. The molecule has 0 heterocycles. The Balaban J connectivity index is 3.13. The third-order valence-electron chi connectivity index (χ3n) is 0.463. The fourth-order valence-corrected chi connectivity index (χ4v) is 0.247. The average Bonchev–Trinajstić information content (AvgIpc) is 1.27. The van der Waals surface area contributed by atoms with Crippen molar-refractivity contribution in [3.63, 3.8) is 0 Å². The van der Waals surface area contributed by atoms with Crippen LogP contribution < -0.4 is 0 Å². The van der Waals surface area contributed by atoms with E-state index in [0.717, 1.165) is 0 Å². The molecule has 0 saturated carbocycles. The Morgan fingerprint density at radius 3 is 2.14 bits per heavy atom. The van der Waals surface area contributed by atoms with Crippen molar-refractivity contribution in [1.29, 1.82) is 0 Å². The van der Waals surface area contributed by atoms with Crippen LogP contribution in [0.15, 0.2) is 0 Å². The van der Waals surface area contributed by atoms with Crippen LogP contribution in [0.25, 0.3) is 0 Å². The summed E-state index contributed by atoms with van der Waals surface area (Å²) in [7, 11) is 0. The van der Waals surface area contributed by atoms with Crippen LogP contribution in [0.5, 0.6) is 0 Å². The van der Waals surface area contributed by atoms with Crippen molar-refractivity contribution in [2.45, 2.75) is 6.42 Å². The summed E-state index contributed by atoms with van der Waals surface area (Å²) >= 11 is 0. The molecule has 1 N–H and O–H groups in total. The van der Waals surface area contributed by atoms with E-state index in [2.05, 4.69) is 13.8 Å². The molecule has 7 heavy (non-hydrogen) atoms. The van der Waals surface area contributed by atoms with Gasteiger partial charge in [0.2, 0.25) is 0 Å². The van der Waals surface area contributed by atoms with Gasteiger partial charge in [-0.1, -0.05) is 0 Å². The molecule has 2 nitrogen and oxygen atoms in total. The Morgan fingerprint density at radius 1 is 1.71 bits per heavy atom. The maximum atomic E-state index is 9.73. The van der Waals surface area contributed by atoms with Crippen LogP contribution in [0, 0.1) is 19.8 Å². The molecule has 0 fully saturated rings. The zero-order chi connectivity index (χ0) is 5.86. The first-order valence-corrected chi connectivity index (χ1v) is 2.01. The highest BCUT2D eigenvalue weighted by molar-refractivity contribution is 5.67. The molecule has 0 spiro atoms. The van der Waals surface area contributed by atoms with E-state index >= 15 is 0 Å². The SMILES string of the molecule is [CH2]C([CH2])CC(=O)O. The second kappa shape index (κ2) is 2.61. The Morgan fingerprint density at radius 2 is 2.14 bits per heavy atom. The lowest BCUT2D eigenvalue weighted by molar-refractivity contribution is -0.137. The Labute approximate surface area is 43.2 Å². The summed E-state index contributed by atoms with van der Waals surface area (Å²) in [5.74, 6) is -1.06. The van der Waals surface area contributed by atoms with Crippen molar-refractivity contribution in [2.24, 2.45) is 5.92 Å². The zero-order valence-electron chi connectivity index (χ0n) is 4.05. The maximum absolute atomic E-state index is 9.73. The lowest BCUT2D eigenvalue weighted by atomic mass is 10.1. The minimum Gasteiger partial charge on any atom is -0.481 e. The third-order valence-corrected chi connectivity index (χ3v) is 0.463. The molecular formula is C5H8O2. The summed E-state index contributed by atoms with van der Waals surface area (Å²) in [5.41, 5.74) is 0. The smallest absolute Gasteiger partial charge is 0.303 e. The molecule has 0 aliphatic rings. The predicted molar refractivity (Wildman–Crippen MR) is 26.5 cm³/mol. The quantitative estimate of drug-likeness (QED) is 0.555. The van der Waals surface area contributed by atoms with Gasteiger partial charge < -0.3 is 5.11 Å². The van der Waals surface area contributed by atoms with Gasteiger partial charge >= 0.3 is 5.97 Å². The Kier molecular flexibility index (Phi) is 2.41. The topological polar surface area (TPSA) is 37.3 Å². The van der Waals surface area contributed by atoms with E-state index in [9.17, 15) is 4.79 Å². The van der Waals surface area contributed by atoms with Gasteiger partial charge in [-0.15, -0.1) is 0 Å². The van der Waals surface area contributed by atoms with E-state index in [1.807, 2.05) is 0 Å². The van der Waals surface area contributed by atoms with Gasteiger partial charge in [0.1, 0.15) is 0 Å². The number of hydrogen-bond donors (Lipinski definition) is 1. The summed E-state index contributed by atoms with van der Waals surface area (Å²) in [4.78, 5) is 9.73. The van der Waals surface area contributed by atoms with E-state index in [1.54, 1.807) is 0 Å². The molecule has 0 aromatic heterocycles. The van der Waals surface area contributed by atoms with E-state index in [0.29, 0.717) is 0 Å². The monoisotopic (exact) mass is 100 g/mol. The normalized spacial score (nSPS) is 9.57. The second-order valence-electron chi connectivity index (χ2n) is 1.46. The average molecular weight is 100 g/mol. The summed E-state index contributed by atoms with van der Waals surface area (Å²) in [5, 5.41) is 8.00. The molecular weight excluding hydrogens is 92.1 g/mol. The Hall–Kier alpha value is -0.530. The lowest BCUT2D eigenvalue weighted by Crippen LogP contribution is -1.99. The molecule has 0 amide bonds. The number of carbonyl (C=O) groups is 1. The van der Waals surface area contributed by atoms with Crippen LogP contribution in [0.4, 0.5) is 0 Å². The van der Waals surface area contributed by atoms with Crippen LogP contribution in [0.3, 0.4) is 0 Å². The molecule has 0 aliphatic heterocycles. The van der Waals surface area contributed by atoms with Crippen molar-refractivity contribution in [2.75, 3.05) is 0 Å². The molecule has 0 aromatic rings. The van der Waals surface area contributed by atoms with Gasteiger partial charge in [0.15, 0.2) is 0 Å². The highest BCUT2D eigenvalue weighted by Crippen LogP contribution is 1.95. The number of rotatable bonds is 2. The molecule has 0 atom stereocenters. The van der Waals surface area contributed by atoms with Crippen molar-refractivity contribution in [1.82, 2.24) is 0 Å². The van der Waals surface area contributed by atoms with E-state index in [1.165, 1.54) is 0 Å². The summed E-state index contributed by atoms with van der Waals surface area (Å²) < 4.78 is 0. The lowest BCUT2D eigenvalue weighted by Gasteiger charge is -1.93. The molecule has 0 saturated heterocycles. The number of carboxylic acid groups (broad SMARTS) is 1. The Bertz CT molecular complexity index is 66.5. The van der Waals surface area contributed by atoms with E-state index < -0.39 is 5.97 Å². The second-order valence-corrected chi connectivity index (χ2v) is 1.46. The molecule has 0 bridgehead atoms. The minimum atomic E-state index is -0.838. The number of hydrogen-bond acceptors (Lipinski definition) is 1. The molecule has 2 radical (unpaired) electrons. The fraction of sp³-hybridized carbons (Fsp3) is 0.400. The van der Waals surface area contributed by atoms with E-state index in [4.69, 9.17) is 5.11 Å². The van der Waals surface area contributed by atoms with Gasteiger partial charge in [0.05, 0.1) is 0 Å². The van der Waals surface area contributed by atoms with Gasteiger partial charge in [-0.2, -0.15) is 0 Å². The van der Waals surface area contributed by atoms with Gasteiger partial charge in [-0.3, -0.25) is 4.79 Å². The van der Waals surface area contributed by atoms with Crippen molar-refractivity contribution in [3.05, 3.63) is 13.8 Å². The summed E-state index contributed by atoms with van der Waals surface area (Å²) in [6, 6.07) is 0. The first kappa shape index (κ1) is 6.47. The number of aliphatic carboxylic acids is 1. The largest absolute Gasteiger partial charge is 0.481 e. The van der Waals surface area contributed by atoms with Gasteiger partial charge in [0.25, 0.3) is 0 Å². The zero-order valence-corrected chi connectivity index (χ0v) is 4.05. The molecule has 40 valence electrons. The molecule has 0 rings (SSSR count). The van der Waals surface area contributed by atoms with E-state index in [-0.39, 0.29) is 12.3 Å². The van der Waals surface area contributed by atoms with Crippen molar-refractivity contribution < 1.29 is 9.90 Å². The third kappa shape index (κ3) is 5.47. The number of carboxylic acids is 1. The first-order valence-electron chi connectivity index (χ1n) is 2.01. The molecule has 0 unspecified atom stereocenters. The first-order chi connectivity index (χ1) is 3.13. The molecule has 2 heteroatoms. The summed E-state index contributed by atoms with van der Waals surface area (Å²) in [6.45, 7) is 6.77. The van der Waals surface area contributed by atoms with Gasteiger partial charge in [0, 0.05) is 6.42 Å². The highest BCUT2D eigenvalue weighted by Gasteiger charge is 1.98. The predicted octanol–water partition coefficient (Wildman–Crippen LogP) is 0.745. The standard InChI is InChI=1S/C5H8O2/c1-4(2)3-5(6)7/h4H,1-3H2,(H,6,7). The maximum Gasteiger partial charge on any atom is 0.303 e. The van der Waals surface area contributed by atoms with Crippen LogP contribution in [-0.2, 0) is 4.79 Å². The van der Waals surface area contributed by atoms with Gasteiger partial charge in [-0.25, -0.2) is 0 Å². The molecule has 0 aliphatic carbocycles. The summed E-state index contributed by atoms with van der Waals surface area (Å²) in [6.07, 6.45) is 0.0556. The fourth-order valence-electron chi connectivity index (χ4n) is 0.247. The van der Waals surface area contributed by atoms with Crippen LogP contribution in [-0.4, -0.2) is 11.1 Å². The minimum absolute atomic E-state index is 0.0556. The van der Waals surface area contributed by atoms with Gasteiger partial charge in [-0.05, 0) is 19.8 Å². The van der Waals surface area contributed by atoms with Crippen molar-refractivity contribution in [3.8, 4) is 0 Å². The van der Waals surface area contributed by atoms with Crippen molar-refractivity contribution >= 4 is 5.97 Å². The van der Waals surface area contributed by atoms with Crippen LogP contribution in [0.1, 0.15) is 6.42 Å². The van der Waals surface area contributed by atoms with Crippen LogP contribution in [0.2, 0.25) is 0 Å².